The molecule has 0 atom stereocenters. The van der Waals surface area contributed by atoms with Crippen molar-refractivity contribution in [2.24, 2.45) is 0 Å². The average molecular weight is 369 g/mol. The van der Waals surface area contributed by atoms with Crippen LogP contribution in [0, 0.1) is 6.92 Å². The third kappa shape index (κ3) is 4.87. The Morgan fingerprint density at radius 2 is 1.81 bits per heavy atom. The molecule has 2 aromatic rings. The molecule has 7 nitrogen and oxygen atoms in total. The number of rotatable bonds is 5. The molecule has 27 heavy (non-hydrogen) atoms. The van der Waals surface area contributed by atoms with E-state index in [2.05, 4.69) is 39.2 Å². The number of carbonyl (C=O) groups excluding carboxylic acids is 1. The second-order valence-electron chi connectivity index (χ2n) is 6.54. The second kappa shape index (κ2) is 8.70. The summed E-state index contributed by atoms with van der Waals surface area (Å²) in [5, 5.41) is 3.29. The van der Waals surface area contributed by atoms with Crippen molar-refractivity contribution in [1.82, 2.24) is 14.9 Å². The first-order valence-corrected chi connectivity index (χ1v) is 9.47. The standard InChI is InChI=1S/C20H27N5O2/c1-4-16-6-8-17(9-7-16)22-19-21-15(3)14-18(23-19)24-10-12-25(13-11-24)20(26)27-5-2/h6-9,14H,4-5,10-13H2,1-3H3,(H,21,22,23). The van der Waals surface area contributed by atoms with Gasteiger partial charge in [-0.3, -0.25) is 0 Å². The molecule has 1 N–H and O–H groups in total. The van der Waals surface area contributed by atoms with Gasteiger partial charge in [0.05, 0.1) is 6.61 Å². The highest BCUT2D eigenvalue weighted by atomic mass is 16.6. The number of amides is 1. The number of aryl methyl sites for hydroxylation is 2. The molecular formula is C20H27N5O2. The lowest BCUT2D eigenvalue weighted by Gasteiger charge is -2.34. The van der Waals surface area contributed by atoms with Crippen molar-refractivity contribution >= 4 is 23.5 Å². The SMILES string of the molecule is CCOC(=O)N1CCN(c2cc(C)nc(Nc3ccc(CC)cc3)n2)CC1. The van der Waals surface area contributed by atoms with E-state index in [1.165, 1.54) is 5.56 Å². The van der Waals surface area contributed by atoms with Gasteiger partial charge < -0.3 is 19.9 Å². The fraction of sp³-hybridized carbons (Fsp3) is 0.450. The third-order valence-corrected chi connectivity index (χ3v) is 4.59. The molecule has 1 aromatic heterocycles. The van der Waals surface area contributed by atoms with Crippen LogP contribution in [0.4, 0.5) is 22.2 Å². The summed E-state index contributed by atoms with van der Waals surface area (Å²) < 4.78 is 5.08. The van der Waals surface area contributed by atoms with Gasteiger partial charge in [0, 0.05) is 43.6 Å². The number of benzene rings is 1. The zero-order valence-corrected chi connectivity index (χ0v) is 16.2. The number of piperazine rings is 1. The van der Waals surface area contributed by atoms with Crippen LogP contribution in [0.15, 0.2) is 30.3 Å². The van der Waals surface area contributed by atoms with E-state index in [0.29, 0.717) is 25.6 Å². The minimum Gasteiger partial charge on any atom is -0.450 e. The van der Waals surface area contributed by atoms with Crippen LogP contribution in [0.3, 0.4) is 0 Å². The second-order valence-corrected chi connectivity index (χ2v) is 6.54. The van der Waals surface area contributed by atoms with Crippen LogP contribution in [0.2, 0.25) is 0 Å². The molecule has 0 saturated carbocycles. The Kier molecular flexibility index (Phi) is 6.11. The molecule has 144 valence electrons. The molecule has 0 bridgehead atoms. The Morgan fingerprint density at radius 1 is 1.11 bits per heavy atom. The predicted octanol–water partition coefficient (Wildman–Crippen LogP) is 3.37. The summed E-state index contributed by atoms with van der Waals surface area (Å²) in [5.41, 5.74) is 3.17. The Bertz CT molecular complexity index is 770. The van der Waals surface area contributed by atoms with Gasteiger partial charge in [0.15, 0.2) is 0 Å². The van der Waals surface area contributed by atoms with Crippen molar-refractivity contribution in [3.05, 3.63) is 41.6 Å². The maximum atomic E-state index is 11.8. The summed E-state index contributed by atoms with van der Waals surface area (Å²) in [6, 6.07) is 10.3. The smallest absolute Gasteiger partial charge is 0.409 e. The van der Waals surface area contributed by atoms with Crippen LogP contribution < -0.4 is 10.2 Å². The number of nitrogens with one attached hydrogen (secondary N) is 1. The number of carbonyl (C=O) groups is 1. The van der Waals surface area contributed by atoms with E-state index in [4.69, 9.17) is 4.74 Å². The first kappa shape index (κ1) is 18.9. The molecular weight excluding hydrogens is 342 g/mol. The number of nitrogens with zero attached hydrogens (tertiary/aromatic N) is 4. The van der Waals surface area contributed by atoms with E-state index in [-0.39, 0.29) is 6.09 Å². The molecule has 1 aliphatic heterocycles. The molecule has 1 aromatic carbocycles. The van der Waals surface area contributed by atoms with Gasteiger partial charge in [0.1, 0.15) is 5.82 Å². The van der Waals surface area contributed by atoms with E-state index in [1.54, 1.807) is 4.90 Å². The summed E-state index contributed by atoms with van der Waals surface area (Å²) in [6.45, 7) is 9.03. The van der Waals surface area contributed by atoms with E-state index in [1.807, 2.05) is 32.0 Å². The van der Waals surface area contributed by atoms with Gasteiger partial charge in [-0.1, -0.05) is 19.1 Å². The molecule has 1 saturated heterocycles. The predicted molar refractivity (Wildman–Crippen MR) is 107 cm³/mol. The van der Waals surface area contributed by atoms with Crippen molar-refractivity contribution < 1.29 is 9.53 Å². The Labute approximate surface area is 160 Å². The van der Waals surface area contributed by atoms with Gasteiger partial charge in [-0.2, -0.15) is 4.98 Å². The van der Waals surface area contributed by atoms with Crippen LogP contribution in [-0.4, -0.2) is 53.7 Å². The maximum Gasteiger partial charge on any atom is 0.409 e. The van der Waals surface area contributed by atoms with Gasteiger partial charge in [-0.05, 0) is 38.0 Å². The molecule has 1 amide bonds. The average Bonchev–Trinajstić information content (AvgIpc) is 2.68. The monoisotopic (exact) mass is 369 g/mol. The molecule has 1 fully saturated rings. The number of ether oxygens (including phenoxy) is 1. The van der Waals surface area contributed by atoms with Crippen molar-refractivity contribution in [2.75, 3.05) is 43.0 Å². The van der Waals surface area contributed by atoms with Gasteiger partial charge in [-0.15, -0.1) is 0 Å². The largest absolute Gasteiger partial charge is 0.450 e. The van der Waals surface area contributed by atoms with Crippen molar-refractivity contribution in [3.63, 3.8) is 0 Å². The highest BCUT2D eigenvalue weighted by Gasteiger charge is 2.23. The Balaban J connectivity index is 1.67. The fourth-order valence-corrected chi connectivity index (χ4v) is 3.06. The minimum atomic E-state index is -0.242. The van der Waals surface area contributed by atoms with Crippen molar-refractivity contribution in [3.8, 4) is 0 Å². The van der Waals surface area contributed by atoms with Gasteiger partial charge in [-0.25, -0.2) is 9.78 Å². The summed E-state index contributed by atoms with van der Waals surface area (Å²) in [6.07, 6.45) is 0.775. The highest BCUT2D eigenvalue weighted by Crippen LogP contribution is 2.20. The normalized spacial score (nSPS) is 14.2. The zero-order chi connectivity index (χ0) is 19.2. The summed E-state index contributed by atoms with van der Waals surface area (Å²) in [5.74, 6) is 1.46. The summed E-state index contributed by atoms with van der Waals surface area (Å²) >= 11 is 0. The lowest BCUT2D eigenvalue weighted by atomic mass is 10.1. The van der Waals surface area contributed by atoms with Crippen molar-refractivity contribution in [2.45, 2.75) is 27.2 Å². The quantitative estimate of drug-likeness (QED) is 0.871. The highest BCUT2D eigenvalue weighted by molar-refractivity contribution is 5.68. The van der Waals surface area contributed by atoms with E-state index in [0.717, 1.165) is 36.7 Å². The Morgan fingerprint density at radius 3 is 2.44 bits per heavy atom. The Hall–Kier alpha value is -2.83. The van der Waals surface area contributed by atoms with Crippen LogP contribution in [-0.2, 0) is 11.2 Å². The van der Waals surface area contributed by atoms with Gasteiger partial charge in [0.25, 0.3) is 0 Å². The fourth-order valence-electron chi connectivity index (χ4n) is 3.06. The van der Waals surface area contributed by atoms with E-state index >= 15 is 0 Å². The molecule has 1 aliphatic rings. The number of aromatic nitrogens is 2. The minimum absolute atomic E-state index is 0.242. The third-order valence-electron chi connectivity index (χ3n) is 4.59. The first-order valence-electron chi connectivity index (χ1n) is 9.47. The molecule has 0 aliphatic carbocycles. The molecule has 0 radical (unpaired) electrons. The van der Waals surface area contributed by atoms with Crippen LogP contribution in [0.5, 0.6) is 0 Å². The molecule has 3 rings (SSSR count). The molecule has 2 heterocycles. The first-order chi connectivity index (χ1) is 13.1. The summed E-state index contributed by atoms with van der Waals surface area (Å²) in [7, 11) is 0. The van der Waals surface area contributed by atoms with Gasteiger partial charge >= 0.3 is 6.09 Å². The van der Waals surface area contributed by atoms with Crippen LogP contribution in [0.1, 0.15) is 25.1 Å². The van der Waals surface area contributed by atoms with E-state index in [9.17, 15) is 4.79 Å². The molecule has 0 spiro atoms. The number of hydrogen-bond donors (Lipinski definition) is 1. The number of hydrogen-bond acceptors (Lipinski definition) is 6. The zero-order valence-electron chi connectivity index (χ0n) is 16.2. The summed E-state index contributed by atoms with van der Waals surface area (Å²) in [4.78, 5) is 24.9. The number of anilines is 3. The van der Waals surface area contributed by atoms with Crippen LogP contribution >= 0.6 is 0 Å². The lowest BCUT2D eigenvalue weighted by molar-refractivity contribution is 0.105. The van der Waals surface area contributed by atoms with E-state index < -0.39 is 0 Å². The lowest BCUT2D eigenvalue weighted by Crippen LogP contribution is -2.49. The molecule has 7 heteroatoms. The van der Waals surface area contributed by atoms with Crippen molar-refractivity contribution in [1.29, 1.82) is 0 Å². The maximum absolute atomic E-state index is 11.8. The van der Waals surface area contributed by atoms with Crippen LogP contribution in [0.25, 0.3) is 0 Å². The molecule has 0 unspecified atom stereocenters. The van der Waals surface area contributed by atoms with Gasteiger partial charge in [0.2, 0.25) is 5.95 Å². The topological polar surface area (TPSA) is 70.6 Å².